The molecule has 0 spiro atoms. The van der Waals surface area contributed by atoms with Gasteiger partial charge in [0.15, 0.2) is 0 Å². The second-order valence-corrected chi connectivity index (χ2v) is 4.93. The lowest BCUT2D eigenvalue weighted by Crippen LogP contribution is -1.82. The highest BCUT2D eigenvalue weighted by Gasteiger charge is 2.04. The fourth-order valence-corrected chi connectivity index (χ4v) is 2.02. The van der Waals surface area contributed by atoms with Crippen LogP contribution in [0, 0.1) is 0 Å². The highest BCUT2D eigenvalue weighted by Crippen LogP contribution is 2.32. The average molecular weight is 354 g/mol. The summed E-state index contributed by atoms with van der Waals surface area (Å²) < 4.78 is 0. The lowest BCUT2D eigenvalue weighted by Gasteiger charge is -2.05. The van der Waals surface area contributed by atoms with Gasteiger partial charge in [-0.05, 0) is 35.0 Å². The zero-order chi connectivity index (χ0) is 19.7. The SMILES string of the molecule is C=CC(=O)O.C=CC(=O)O.Oc1cccc2cc3c(O)cccc3cc12. The molecule has 4 N–H and O–H groups in total. The van der Waals surface area contributed by atoms with Gasteiger partial charge in [0.1, 0.15) is 11.5 Å². The summed E-state index contributed by atoms with van der Waals surface area (Å²) >= 11 is 0. The van der Waals surface area contributed by atoms with Crippen molar-refractivity contribution in [3.63, 3.8) is 0 Å². The Hall–Kier alpha value is -3.80. The number of carbonyl (C=O) groups is 2. The van der Waals surface area contributed by atoms with E-state index in [2.05, 4.69) is 13.2 Å². The number of aliphatic carboxylic acids is 2. The summed E-state index contributed by atoms with van der Waals surface area (Å²) in [5.41, 5.74) is 0. The van der Waals surface area contributed by atoms with Gasteiger partial charge in [-0.2, -0.15) is 0 Å². The van der Waals surface area contributed by atoms with Gasteiger partial charge in [-0.3, -0.25) is 0 Å². The molecule has 3 aromatic carbocycles. The second kappa shape index (κ2) is 9.48. The third-order valence-electron chi connectivity index (χ3n) is 3.18. The van der Waals surface area contributed by atoms with E-state index in [0.29, 0.717) is 0 Å². The lowest BCUT2D eigenvalue weighted by molar-refractivity contribution is -0.132. The third-order valence-corrected chi connectivity index (χ3v) is 3.18. The molecule has 0 bridgehead atoms. The van der Waals surface area contributed by atoms with Crippen LogP contribution >= 0.6 is 0 Å². The molecule has 3 rings (SSSR count). The Kier molecular flexibility index (Phi) is 7.39. The van der Waals surface area contributed by atoms with Gasteiger partial charge < -0.3 is 20.4 Å². The molecule has 0 aliphatic rings. The van der Waals surface area contributed by atoms with Crippen molar-refractivity contribution in [3.8, 4) is 11.5 Å². The van der Waals surface area contributed by atoms with E-state index < -0.39 is 11.9 Å². The van der Waals surface area contributed by atoms with Crippen molar-refractivity contribution < 1.29 is 30.0 Å². The number of phenolic OH excluding ortho intramolecular Hbond substituents is 2. The van der Waals surface area contributed by atoms with Gasteiger partial charge in [-0.25, -0.2) is 9.59 Å². The number of fused-ring (bicyclic) bond motifs is 2. The topological polar surface area (TPSA) is 115 Å². The largest absolute Gasteiger partial charge is 0.507 e. The maximum atomic E-state index is 9.74. The molecule has 3 aromatic rings. The van der Waals surface area contributed by atoms with Gasteiger partial charge in [0.05, 0.1) is 0 Å². The summed E-state index contributed by atoms with van der Waals surface area (Å²) in [5, 5.41) is 38.1. The van der Waals surface area contributed by atoms with E-state index in [1.165, 1.54) is 0 Å². The number of aromatic hydroxyl groups is 2. The van der Waals surface area contributed by atoms with Crippen LogP contribution in [-0.2, 0) is 9.59 Å². The van der Waals surface area contributed by atoms with Crippen LogP contribution in [0.3, 0.4) is 0 Å². The van der Waals surface area contributed by atoms with Crippen molar-refractivity contribution in [2.45, 2.75) is 0 Å². The number of hydrogen-bond acceptors (Lipinski definition) is 4. The number of carboxylic acid groups (broad SMARTS) is 2. The molecule has 0 saturated heterocycles. The molecule has 0 heterocycles. The minimum atomic E-state index is -0.981. The summed E-state index contributed by atoms with van der Waals surface area (Å²) in [7, 11) is 0. The molecule has 6 heteroatoms. The van der Waals surface area contributed by atoms with E-state index in [-0.39, 0.29) is 11.5 Å². The van der Waals surface area contributed by atoms with Crippen molar-refractivity contribution in [1.82, 2.24) is 0 Å². The van der Waals surface area contributed by atoms with E-state index in [9.17, 15) is 19.8 Å². The van der Waals surface area contributed by atoms with Gasteiger partial charge in [0, 0.05) is 22.9 Å². The molecule has 0 saturated carbocycles. The molecule has 0 fully saturated rings. The number of phenols is 2. The van der Waals surface area contributed by atoms with Crippen molar-refractivity contribution in [3.05, 3.63) is 73.8 Å². The van der Waals surface area contributed by atoms with Crippen LogP contribution in [-0.4, -0.2) is 32.4 Å². The van der Waals surface area contributed by atoms with Crippen LogP contribution in [0.2, 0.25) is 0 Å². The average Bonchev–Trinajstić information content (AvgIpc) is 2.62. The van der Waals surface area contributed by atoms with Gasteiger partial charge in [0.25, 0.3) is 0 Å². The molecular formula is C20H18O6. The molecule has 0 aromatic heterocycles. The van der Waals surface area contributed by atoms with Crippen LogP contribution in [0.1, 0.15) is 0 Å². The van der Waals surface area contributed by atoms with E-state index in [1.54, 1.807) is 24.3 Å². The monoisotopic (exact) mass is 354 g/mol. The normalized spacial score (nSPS) is 9.23. The predicted molar refractivity (Wildman–Crippen MR) is 100 cm³/mol. The minimum Gasteiger partial charge on any atom is -0.507 e. The van der Waals surface area contributed by atoms with Gasteiger partial charge in [-0.15, -0.1) is 0 Å². The Balaban J connectivity index is 0.000000284. The van der Waals surface area contributed by atoms with E-state index in [0.717, 1.165) is 33.7 Å². The molecular weight excluding hydrogens is 336 g/mol. The van der Waals surface area contributed by atoms with E-state index >= 15 is 0 Å². The smallest absolute Gasteiger partial charge is 0.327 e. The molecule has 6 nitrogen and oxygen atoms in total. The molecule has 0 aliphatic heterocycles. The van der Waals surface area contributed by atoms with E-state index in [1.807, 2.05) is 24.3 Å². The Labute approximate surface area is 149 Å². The van der Waals surface area contributed by atoms with Crippen molar-refractivity contribution >= 4 is 33.5 Å². The van der Waals surface area contributed by atoms with Crippen LogP contribution in [0.4, 0.5) is 0 Å². The summed E-state index contributed by atoms with van der Waals surface area (Å²) in [4.78, 5) is 18.5. The fourth-order valence-electron chi connectivity index (χ4n) is 2.02. The maximum absolute atomic E-state index is 9.74. The first-order valence-electron chi connectivity index (χ1n) is 7.34. The zero-order valence-corrected chi connectivity index (χ0v) is 13.8. The highest BCUT2D eigenvalue weighted by atomic mass is 16.4. The molecule has 26 heavy (non-hydrogen) atoms. The van der Waals surface area contributed by atoms with Crippen molar-refractivity contribution in [1.29, 1.82) is 0 Å². The molecule has 134 valence electrons. The first-order valence-corrected chi connectivity index (χ1v) is 7.34. The summed E-state index contributed by atoms with van der Waals surface area (Å²) in [6.45, 7) is 5.92. The Morgan fingerprint density at radius 1 is 0.731 bits per heavy atom. The first-order chi connectivity index (χ1) is 12.3. The predicted octanol–water partition coefficient (Wildman–Crippen LogP) is 3.92. The van der Waals surface area contributed by atoms with Crippen molar-refractivity contribution in [2.24, 2.45) is 0 Å². The van der Waals surface area contributed by atoms with Crippen LogP contribution in [0.25, 0.3) is 21.5 Å². The number of carboxylic acids is 2. The highest BCUT2D eigenvalue weighted by molar-refractivity contribution is 6.02. The van der Waals surface area contributed by atoms with Crippen molar-refractivity contribution in [2.75, 3.05) is 0 Å². The summed E-state index contributed by atoms with van der Waals surface area (Å²) in [5.74, 6) is -1.43. The Morgan fingerprint density at radius 2 is 1.04 bits per heavy atom. The van der Waals surface area contributed by atoms with Gasteiger partial charge in [0.2, 0.25) is 0 Å². The Morgan fingerprint density at radius 3 is 1.31 bits per heavy atom. The van der Waals surface area contributed by atoms with Crippen LogP contribution in [0.5, 0.6) is 11.5 Å². The molecule has 0 radical (unpaired) electrons. The minimum absolute atomic E-state index is 0.266. The zero-order valence-electron chi connectivity index (χ0n) is 13.8. The lowest BCUT2D eigenvalue weighted by atomic mass is 10.0. The standard InChI is InChI=1S/C14H10O2.2C3H4O2/c15-13-5-1-3-9-7-12-10(8-11(9)13)4-2-6-14(12)16;2*1-2-3(4)5/h1-8,15-16H;2*2H,1H2,(H,4,5). The maximum Gasteiger partial charge on any atom is 0.327 e. The number of hydrogen-bond donors (Lipinski definition) is 4. The molecule has 0 atom stereocenters. The molecule has 0 unspecified atom stereocenters. The third kappa shape index (κ3) is 5.68. The fraction of sp³-hybridized carbons (Fsp3) is 0. The first kappa shape index (κ1) is 20.2. The molecule has 0 aliphatic carbocycles. The number of rotatable bonds is 2. The van der Waals surface area contributed by atoms with Crippen LogP contribution in [0.15, 0.2) is 73.8 Å². The van der Waals surface area contributed by atoms with Crippen LogP contribution < -0.4 is 0 Å². The quantitative estimate of drug-likeness (QED) is 0.409. The molecule has 0 amide bonds. The Bertz CT molecular complexity index is 880. The van der Waals surface area contributed by atoms with Gasteiger partial charge in [-0.1, -0.05) is 37.4 Å². The second-order valence-electron chi connectivity index (χ2n) is 4.93. The summed E-state index contributed by atoms with van der Waals surface area (Å²) in [6.07, 6.45) is 1.67. The number of benzene rings is 3. The van der Waals surface area contributed by atoms with Gasteiger partial charge >= 0.3 is 11.9 Å². The van der Waals surface area contributed by atoms with E-state index in [4.69, 9.17) is 10.2 Å². The summed E-state index contributed by atoms with van der Waals surface area (Å²) in [6, 6.07) is 14.5.